The summed E-state index contributed by atoms with van der Waals surface area (Å²) in [6.07, 6.45) is 5.82. The van der Waals surface area contributed by atoms with Gasteiger partial charge in [-0.05, 0) is 31.4 Å². The van der Waals surface area contributed by atoms with Crippen LogP contribution < -0.4 is 0 Å². The second kappa shape index (κ2) is 6.90. The van der Waals surface area contributed by atoms with Gasteiger partial charge in [-0.15, -0.1) is 6.58 Å². The number of carbonyl (C=O) groups is 1. The molecule has 0 aromatic carbocycles. The van der Waals surface area contributed by atoms with Crippen LogP contribution >= 0.6 is 0 Å². The van der Waals surface area contributed by atoms with Crippen LogP contribution in [0.3, 0.4) is 0 Å². The van der Waals surface area contributed by atoms with Crippen molar-refractivity contribution >= 4 is 17.2 Å². The molecule has 3 rings (SSSR count). The van der Waals surface area contributed by atoms with Gasteiger partial charge < -0.3 is 4.90 Å². The standard InChI is InChI=1S/C16H21N3O3S/c1-2-12-10-18(11-13-6-3-4-9-17-13)16(20)15-8-5-7-14(12)19(15)23(21)22/h2-4,6,9,12,14-15H,1,5,7-8,10-11H2,(H,21,22)/t12-,14-,15?/m0/s1. The number of piperidine rings is 1. The zero-order valence-corrected chi connectivity index (χ0v) is 13.7. The molecule has 2 fully saturated rings. The van der Waals surface area contributed by atoms with E-state index in [0.29, 0.717) is 19.5 Å². The summed E-state index contributed by atoms with van der Waals surface area (Å²) >= 11 is -2.15. The molecule has 1 N–H and O–H groups in total. The molecular formula is C16H21N3O3S. The van der Waals surface area contributed by atoms with Crippen molar-refractivity contribution in [1.29, 1.82) is 0 Å². The first-order valence-electron chi connectivity index (χ1n) is 7.82. The molecule has 6 nitrogen and oxygen atoms in total. The molecule has 2 bridgehead atoms. The Morgan fingerprint density at radius 3 is 2.91 bits per heavy atom. The lowest BCUT2D eigenvalue weighted by Crippen LogP contribution is -2.52. The van der Waals surface area contributed by atoms with Crippen LogP contribution in [0.1, 0.15) is 25.0 Å². The van der Waals surface area contributed by atoms with Gasteiger partial charge >= 0.3 is 0 Å². The van der Waals surface area contributed by atoms with Gasteiger partial charge in [0.1, 0.15) is 6.04 Å². The number of aromatic nitrogens is 1. The number of hydrogen-bond acceptors (Lipinski definition) is 3. The largest absolute Gasteiger partial charge is 0.335 e. The molecule has 124 valence electrons. The van der Waals surface area contributed by atoms with E-state index in [9.17, 15) is 13.6 Å². The lowest BCUT2D eigenvalue weighted by atomic mass is 9.90. The van der Waals surface area contributed by atoms with Crippen molar-refractivity contribution in [3.8, 4) is 0 Å². The Hall–Kier alpha value is -1.57. The van der Waals surface area contributed by atoms with Crippen LogP contribution in [0.2, 0.25) is 0 Å². The van der Waals surface area contributed by atoms with E-state index in [1.54, 1.807) is 17.2 Å². The molecule has 7 heteroatoms. The van der Waals surface area contributed by atoms with Crippen LogP contribution in [0, 0.1) is 5.92 Å². The molecule has 2 aliphatic heterocycles. The molecule has 1 aromatic heterocycles. The van der Waals surface area contributed by atoms with Crippen LogP contribution in [0.25, 0.3) is 0 Å². The number of carbonyl (C=O) groups excluding carboxylic acids is 1. The summed E-state index contributed by atoms with van der Waals surface area (Å²) in [6.45, 7) is 4.80. The van der Waals surface area contributed by atoms with Gasteiger partial charge in [0.2, 0.25) is 17.2 Å². The Kier molecular flexibility index (Phi) is 4.89. The second-order valence-corrected chi connectivity index (χ2v) is 6.93. The van der Waals surface area contributed by atoms with E-state index in [-0.39, 0.29) is 17.9 Å². The van der Waals surface area contributed by atoms with Crippen molar-refractivity contribution in [3.63, 3.8) is 0 Å². The van der Waals surface area contributed by atoms with E-state index in [4.69, 9.17) is 0 Å². The third kappa shape index (κ3) is 3.22. The summed E-state index contributed by atoms with van der Waals surface area (Å²) < 4.78 is 23.0. The fourth-order valence-corrected chi connectivity index (χ4v) is 4.51. The highest BCUT2D eigenvalue weighted by molar-refractivity contribution is 7.76. The van der Waals surface area contributed by atoms with Gasteiger partial charge in [0.25, 0.3) is 0 Å². The fourth-order valence-electron chi connectivity index (χ4n) is 3.60. The van der Waals surface area contributed by atoms with Crippen LogP contribution in [0.15, 0.2) is 37.1 Å². The Morgan fingerprint density at radius 2 is 2.26 bits per heavy atom. The molecule has 4 atom stereocenters. The van der Waals surface area contributed by atoms with Crippen molar-refractivity contribution in [2.75, 3.05) is 6.54 Å². The maximum atomic E-state index is 12.9. The molecule has 0 spiro atoms. The topological polar surface area (TPSA) is 73.7 Å². The van der Waals surface area contributed by atoms with Gasteiger partial charge in [0, 0.05) is 24.7 Å². The van der Waals surface area contributed by atoms with Crippen LogP contribution in [0.4, 0.5) is 0 Å². The van der Waals surface area contributed by atoms with E-state index < -0.39 is 17.3 Å². The zero-order chi connectivity index (χ0) is 16.4. The molecule has 0 aliphatic carbocycles. The van der Waals surface area contributed by atoms with Crippen molar-refractivity contribution < 1.29 is 13.6 Å². The van der Waals surface area contributed by atoms with E-state index in [0.717, 1.165) is 18.5 Å². The van der Waals surface area contributed by atoms with Gasteiger partial charge in [0.15, 0.2) is 0 Å². The van der Waals surface area contributed by atoms with Crippen LogP contribution in [-0.4, -0.2) is 47.5 Å². The second-order valence-electron chi connectivity index (χ2n) is 6.04. The van der Waals surface area contributed by atoms with Crippen molar-refractivity contribution in [2.24, 2.45) is 5.92 Å². The van der Waals surface area contributed by atoms with Crippen LogP contribution in [0.5, 0.6) is 0 Å². The lowest BCUT2D eigenvalue weighted by Gasteiger charge is -2.37. The molecule has 2 aliphatic rings. The highest BCUT2D eigenvalue weighted by Gasteiger charge is 2.46. The van der Waals surface area contributed by atoms with E-state index in [1.165, 1.54) is 4.31 Å². The minimum Gasteiger partial charge on any atom is -0.335 e. The average Bonchev–Trinajstić information content (AvgIpc) is 2.63. The summed E-state index contributed by atoms with van der Waals surface area (Å²) in [6, 6.07) is 4.96. The molecule has 0 radical (unpaired) electrons. The van der Waals surface area contributed by atoms with Gasteiger partial charge in [-0.2, -0.15) is 4.31 Å². The van der Waals surface area contributed by atoms with E-state index >= 15 is 0 Å². The molecule has 0 saturated carbocycles. The number of rotatable bonds is 4. The van der Waals surface area contributed by atoms with Crippen LogP contribution in [-0.2, 0) is 22.6 Å². The maximum Gasteiger partial charge on any atom is 0.241 e. The lowest BCUT2D eigenvalue weighted by molar-refractivity contribution is -0.135. The first-order valence-corrected chi connectivity index (χ1v) is 8.88. The summed E-state index contributed by atoms with van der Waals surface area (Å²) in [5.41, 5.74) is 0.816. The SMILES string of the molecule is C=C[C@H]1CN(Cc2ccccn2)C(=O)C2CCC[C@@H]1N2S(=O)O. The maximum absolute atomic E-state index is 12.9. The molecule has 23 heavy (non-hydrogen) atoms. The molecule has 1 amide bonds. The van der Waals surface area contributed by atoms with Crippen molar-refractivity contribution in [1.82, 2.24) is 14.2 Å². The zero-order valence-electron chi connectivity index (χ0n) is 12.9. The third-order valence-electron chi connectivity index (χ3n) is 4.70. The van der Waals surface area contributed by atoms with E-state index in [2.05, 4.69) is 11.6 Å². The minimum atomic E-state index is -2.15. The molecule has 2 saturated heterocycles. The summed E-state index contributed by atoms with van der Waals surface area (Å²) in [4.78, 5) is 19.0. The predicted octanol–water partition coefficient (Wildman–Crippen LogP) is 1.59. The Labute approximate surface area is 138 Å². The minimum absolute atomic E-state index is 0.0240. The Bertz CT molecular complexity index is 610. The smallest absolute Gasteiger partial charge is 0.241 e. The van der Waals surface area contributed by atoms with Crippen molar-refractivity contribution in [3.05, 3.63) is 42.7 Å². The first kappa shape index (κ1) is 16.3. The van der Waals surface area contributed by atoms with Gasteiger partial charge in [-0.3, -0.25) is 14.3 Å². The molecule has 1 aromatic rings. The third-order valence-corrected chi connectivity index (χ3v) is 5.58. The monoisotopic (exact) mass is 335 g/mol. The molecule has 2 unspecified atom stereocenters. The molecule has 3 heterocycles. The Balaban J connectivity index is 1.92. The number of fused-ring (bicyclic) bond motifs is 2. The van der Waals surface area contributed by atoms with Gasteiger partial charge in [-0.25, -0.2) is 4.21 Å². The first-order chi connectivity index (χ1) is 11.1. The number of nitrogens with zero attached hydrogens (tertiary/aromatic N) is 3. The normalized spacial score (nSPS) is 29.9. The number of hydrogen-bond donors (Lipinski definition) is 1. The molecular weight excluding hydrogens is 314 g/mol. The van der Waals surface area contributed by atoms with Gasteiger partial charge in [-0.1, -0.05) is 12.1 Å². The average molecular weight is 335 g/mol. The van der Waals surface area contributed by atoms with Crippen molar-refractivity contribution in [2.45, 2.75) is 37.9 Å². The predicted molar refractivity (Wildman–Crippen MR) is 87.4 cm³/mol. The summed E-state index contributed by atoms with van der Waals surface area (Å²) in [5, 5.41) is 0. The Morgan fingerprint density at radius 1 is 1.43 bits per heavy atom. The fraction of sp³-hybridized carbons (Fsp3) is 0.500. The highest BCUT2D eigenvalue weighted by atomic mass is 32.2. The quantitative estimate of drug-likeness (QED) is 0.670. The number of pyridine rings is 1. The highest BCUT2D eigenvalue weighted by Crippen LogP contribution is 2.34. The summed E-state index contributed by atoms with van der Waals surface area (Å²) in [5.74, 6) is -0.115. The van der Waals surface area contributed by atoms with Gasteiger partial charge in [0.05, 0.1) is 12.2 Å². The number of amides is 1. The summed E-state index contributed by atoms with van der Waals surface area (Å²) in [7, 11) is 0. The van der Waals surface area contributed by atoms with E-state index in [1.807, 2.05) is 18.2 Å².